The van der Waals surface area contributed by atoms with Crippen molar-refractivity contribution in [1.29, 1.82) is 5.26 Å². The zero-order valence-corrected chi connectivity index (χ0v) is 22.9. The topological polar surface area (TPSA) is 138 Å². The summed E-state index contributed by atoms with van der Waals surface area (Å²) in [7, 11) is -1.94. The monoisotopic (exact) mass is 546 g/mol. The number of aromatic nitrogens is 4. The molecule has 3 aromatic heterocycles. The Labute approximate surface area is 227 Å². The van der Waals surface area contributed by atoms with E-state index < -0.39 is 10.0 Å². The van der Waals surface area contributed by atoms with E-state index in [0.29, 0.717) is 46.5 Å². The van der Waals surface area contributed by atoms with Crippen LogP contribution in [0.25, 0.3) is 11.2 Å². The van der Waals surface area contributed by atoms with Gasteiger partial charge in [0.1, 0.15) is 41.0 Å². The molecule has 39 heavy (non-hydrogen) atoms. The van der Waals surface area contributed by atoms with Crippen LogP contribution in [-0.4, -0.2) is 47.3 Å². The molecule has 1 atom stereocenters. The van der Waals surface area contributed by atoms with Crippen molar-refractivity contribution in [3.63, 3.8) is 0 Å². The Bertz CT molecular complexity index is 1660. The van der Waals surface area contributed by atoms with E-state index in [0.717, 1.165) is 25.1 Å². The molecule has 0 bridgehead atoms. The van der Waals surface area contributed by atoms with E-state index >= 15 is 0 Å². The smallest absolute Gasteiger partial charge is 0.234 e. The highest BCUT2D eigenvalue weighted by Gasteiger charge is 2.25. The number of imidazole rings is 1. The molecule has 1 fully saturated rings. The average Bonchev–Trinajstić information content (AvgIpc) is 3.29. The molecule has 1 aliphatic heterocycles. The quantitative estimate of drug-likeness (QED) is 0.313. The third-order valence-electron chi connectivity index (χ3n) is 6.68. The van der Waals surface area contributed by atoms with Gasteiger partial charge in [-0.1, -0.05) is 18.2 Å². The van der Waals surface area contributed by atoms with Crippen molar-refractivity contribution < 1.29 is 13.2 Å². The first-order valence-electron chi connectivity index (χ1n) is 12.8. The van der Waals surface area contributed by atoms with Crippen LogP contribution >= 0.6 is 0 Å². The molecule has 0 amide bonds. The maximum absolute atomic E-state index is 12.7. The van der Waals surface area contributed by atoms with Gasteiger partial charge in [-0.3, -0.25) is 8.87 Å². The number of sulfonamides is 1. The van der Waals surface area contributed by atoms with Crippen molar-refractivity contribution in [1.82, 2.24) is 19.5 Å². The number of ether oxygens (including phenoxy) is 1. The zero-order valence-electron chi connectivity index (χ0n) is 22.0. The molecule has 202 valence electrons. The predicted octanol–water partition coefficient (Wildman–Crippen LogP) is 4.98. The molecule has 4 heterocycles. The Hall–Kier alpha value is -4.21. The van der Waals surface area contributed by atoms with Gasteiger partial charge in [0.25, 0.3) is 0 Å². The summed E-state index contributed by atoms with van der Waals surface area (Å²) in [5, 5.41) is 15.9. The van der Waals surface area contributed by atoms with Crippen molar-refractivity contribution in [2.45, 2.75) is 39.3 Å². The van der Waals surface area contributed by atoms with Gasteiger partial charge in [0.2, 0.25) is 10.0 Å². The molecule has 0 aliphatic carbocycles. The zero-order chi connectivity index (χ0) is 27.6. The Morgan fingerprint density at radius 2 is 1.90 bits per heavy atom. The molecule has 4 aromatic rings. The highest BCUT2D eigenvalue weighted by Crippen LogP contribution is 2.36. The third-order valence-corrected chi connectivity index (χ3v) is 8.44. The van der Waals surface area contributed by atoms with Crippen molar-refractivity contribution in [2.24, 2.45) is 0 Å². The van der Waals surface area contributed by atoms with E-state index in [4.69, 9.17) is 14.7 Å². The summed E-state index contributed by atoms with van der Waals surface area (Å²) < 4.78 is 34.7. The van der Waals surface area contributed by atoms with Crippen LogP contribution in [0.5, 0.6) is 0 Å². The molecule has 0 radical (unpaired) electrons. The largest absolute Gasteiger partial charge is 0.358 e. The molecule has 1 saturated heterocycles. The summed E-state index contributed by atoms with van der Waals surface area (Å²) in [5.74, 6) is 1.69. The van der Waals surface area contributed by atoms with Crippen LogP contribution in [0, 0.1) is 18.3 Å². The second-order valence-corrected chi connectivity index (χ2v) is 11.5. The Morgan fingerprint density at radius 1 is 1.08 bits per heavy atom. The fraction of sp³-hybridized carbons (Fsp3) is 0.333. The summed E-state index contributed by atoms with van der Waals surface area (Å²) >= 11 is 0. The molecule has 1 aromatic carbocycles. The van der Waals surface area contributed by atoms with Crippen LogP contribution in [-0.2, 0) is 14.8 Å². The minimum atomic E-state index is -3.48. The summed E-state index contributed by atoms with van der Waals surface area (Å²) in [4.78, 5) is 14.0. The number of rotatable bonds is 8. The second-order valence-electron chi connectivity index (χ2n) is 9.23. The Kier molecular flexibility index (Phi) is 7.36. The number of hydrogen-bond acceptors (Lipinski definition) is 9. The molecule has 11 nitrogen and oxygen atoms in total. The predicted molar refractivity (Wildman–Crippen MR) is 151 cm³/mol. The molecule has 0 spiro atoms. The summed E-state index contributed by atoms with van der Waals surface area (Å²) in [6.45, 7) is 4.21. The molecule has 0 saturated carbocycles. The van der Waals surface area contributed by atoms with Gasteiger partial charge in [0.15, 0.2) is 5.65 Å². The second kappa shape index (κ2) is 10.9. The normalized spacial score (nSPS) is 15.6. The van der Waals surface area contributed by atoms with E-state index in [1.54, 1.807) is 50.4 Å². The van der Waals surface area contributed by atoms with Crippen molar-refractivity contribution in [3.8, 4) is 6.07 Å². The lowest BCUT2D eigenvalue weighted by atomic mass is 10.2. The first-order valence-corrected chi connectivity index (χ1v) is 14.4. The lowest BCUT2D eigenvalue weighted by molar-refractivity contribution is -0.0308. The van der Waals surface area contributed by atoms with Crippen LogP contribution in [0.3, 0.4) is 0 Å². The van der Waals surface area contributed by atoms with Gasteiger partial charge in [0.05, 0.1) is 22.8 Å². The first kappa shape index (κ1) is 26.4. The van der Waals surface area contributed by atoms with Gasteiger partial charge in [-0.2, -0.15) is 5.26 Å². The van der Waals surface area contributed by atoms with Crippen molar-refractivity contribution in [2.75, 3.05) is 34.3 Å². The molecule has 12 heteroatoms. The SMILES string of the molecule is CCS(=O)(=O)N(C)c1ccccc1Nc1cc(Nc2cccc(C#N)n2)nc2c1nc(C)n2C1CCCCO1. The highest BCUT2D eigenvalue weighted by atomic mass is 32.2. The first-order chi connectivity index (χ1) is 18.8. The van der Waals surface area contributed by atoms with Gasteiger partial charge in [-0.05, 0) is 57.4 Å². The van der Waals surface area contributed by atoms with Crippen molar-refractivity contribution >= 4 is 49.9 Å². The number of aryl methyl sites for hydroxylation is 1. The maximum atomic E-state index is 12.7. The van der Waals surface area contributed by atoms with Crippen LogP contribution in [0.1, 0.15) is 43.9 Å². The Morgan fingerprint density at radius 3 is 2.64 bits per heavy atom. The summed E-state index contributed by atoms with van der Waals surface area (Å²) in [5.41, 5.74) is 3.27. The molecule has 1 aliphatic rings. The lowest BCUT2D eigenvalue weighted by Gasteiger charge is -2.25. The number of nitrogens with zero attached hydrogens (tertiary/aromatic N) is 6. The minimum absolute atomic E-state index is 0.0227. The van der Waals surface area contributed by atoms with Gasteiger partial charge in [-0.15, -0.1) is 0 Å². The van der Waals surface area contributed by atoms with Gasteiger partial charge < -0.3 is 15.4 Å². The van der Waals surface area contributed by atoms with Crippen LogP contribution in [0.2, 0.25) is 0 Å². The summed E-state index contributed by atoms with van der Waals surface area (Å²) in [6.07, 6.45) is 2.72. The van der Waals surface area contributed by atoms with Crippen molar-refractivity contribution in [3.05, 3.63) is 60.0 Å². The molecule has 2 N–H and O–H groups in total. The van der Waals surface area contributed by atoms with E-state index in [2.05, 4.69) is 15.6 Å². The minimum Gasteiger partial charge on any atom is -0.358 e. The molecule has 1 unspecified atom stereocenters. The number of anilines is 5. The van der Waals surface area contributed by atoms with Crippen LogP contribution in [0.15, 0.2) is 48.5 Å². The average molecular weight is 547 g/mol. The van der Waals surface area contributed by atoms with Gasteiger partial charge >= 0.3 is 0 Å². The number of pyridine rings is 2. The van der Waals surface area contributed by atoms with E-state index in [9.17, 15) is 13.7 Å². The number of fused-ring (bicyclic) bond motifs is 1. The Balaban J connectivity index is 1.64. The maximum Gasteiger partial charge on any atom is 0.234 e. The fourth-order valence-electron chi connectivity index (χ4n) is 4.64. The van der Waals surface area contributed by atoms with Crippen LogP contribution in [0.4, 0.5) is 28.7 Å². The number of nitrogens with one attached hydrogen (secondary N) is 2. The number of benzene rings is 1. The lowest BCUT2D eigenvalue weighted by Crippen LogP contribution is -2.28. The third kappa shape index (κ3) is 5.36. The molecular formula is C27H30N8O3S. The van der Waals surface area contributed by atoms with Crippen LogP contribution < -0.4 is 14.9 Å². The van der Waals surface area contributed by atoms with E-state index in [1.807, 2.05) is 29.7 Å². The van der Waals surface area contributed by atoms with E-state index in [1.165, 1.54) is 4.31 Å². The summed E-state index contributed by atoms with van der Waals surface area (Å²) in [6, 6.07) is 16.2. The molecule has 5 rings (SSSR count). The highest BCUT2D eigenvalue weighted by molar-refractivity contribution is 7.92. The van der Waals surface area contributed by atoms with E-state index in [-0.39, 0.29) is 17.7 Å². The fourth-order valence-corrected chi connectivity index (χ4v) is 5.49. The standard InChI is InChI=1S/C27H30N8O3S/c1-4-39(36,37)34(3)22-12-6-5-11-20(22)31-21-16-24(32-23-13-9-10-19(17-28)30-23)33-27-26(21)29-18(2)35(27)25-14-7-8-15-38-25/h5-6,9-13,16,25H,4,7-8,14-15H2,1-3H3,(H2,30,31,32,33). The number of nitriles is 1. The van der Waals surface area contributed by atoms with Gasteiger partial charge in [0, 0.05) is 19.7 Å². The number of hydrogen-bond donors (Lipinski definition) is 2. The van der Waals surface area contributed by atoms with Gasteiger partial charge in [-0.25, -0.2) is 23.4 Å². The number of para-hydroxylation sites is 2. The molecular weight excluding hydrogens is 516 g/mol.